The van der Waals surface area contributed by atoms with E-state index in [0.717, 1.165) is 0 Å². The standard InChI is InChI=1S/C5H8F2O2/c6-5(7)1-3(8)4(9)2-5/h3-4,8-9H,1-2H2/t3-,4?/m0/s1. The molecule has 0 radical (unpaired) electrons. The van der Waals surface area contributed by atoms with Crippen molar-refractivity contribution in [3.63, 3.8) is 0 Å². The summed E-state index contributed by atoms with van der Waals surface area (Å²) in [5, 5.41) is 17.2. The fourth-order valence-electron chi connectivity index (χ4n) is 0.967. The van der Waals surface area contributed by atoms with Crippen molar-refractivity contribution in [2.24, 2.45) is 0 Å². The van der Waals surface area contributed by atoms with E-state index in [9.17, 15) is 8.78 Å². The molecular formula is C5H8F2O2. The molecule has 54 valence electrons. The predicted octanol–water partition coefficient (Wildman–Crippen LogP) is 0.137. The Balaban J connectivity index is 2.54. The van der Waals surface area contributed by atoms with Crippen LogP contribution in [-0.2, 0) is 0 Å². The number of aliphatic hydroxyl groups is 2. The Bertz CT molecular complexity index is 104. The topological polar surface area (TPSA) is 40.5 Å². The van der Waals surface area contributed by atoms with Crippen LogP contribution in [0.25, 0.3) is 0 Å². The molecule has 2 atom stereocenters. The zero-order chi connectivity index (χ0) is 7.07. The first-order valence-electron chi connectivity index (χ1n) is 2.75. The van der Waals surface area contributed by atoms with Gasteiger partial charge in [0.15, 0.2) is 0 Å². The molecule has 1 unspecified atom stereocenters. The van der Waals surface area contributed by atoms with Crippen LogP contribution in [0.2, 0.25) is 0 Å². The van der Waals surface area contributed by atoms with Crippen molar-refractivity contribution in [2.75, 3.05) is 0 Å². The van der Waals surface area contributed by atoms with Crippen molar-refractivity contribution in [1.29, 1.82) is 0 Å². The van der Waals surface area contributed by atoms with Crippen LogP contribution in [0.1, 0.15) is 12.8 Å². The highest BCUT2D eigenvalue weighted by Crippen LogP contribution is 2.34. The second-order valence-corrected chi connectivity index (χ2v) is 2.40. The van der Waals surface area contributed by atoms with E-state index < -0.39 is 31.0 Å². The Morgan fingerprint density at radius 2 is 1.44 bits per heavy atom. The Morgan fingerprint density at radius 3 is 1.56 bits per heavy atom. The second kappa shape index (κ2) is 1.88. The van der Waals surface area contributed by atoms with E-state index in [1.54, 1.807) is 0 Å². The third-order valence-corrected chi connectivity index (χ3v) is 1.46. The quantitative estimate of drug-likeness (QED) is 0.499. The van der Waals surface area contributed by atoms with Crippen molar-refractivity contribution in [3.05, 3.63) is 0 Å². The summed E-state index contributed by atoms with van der Waals surface area (Å²) < 4.78 is 24.3. The van der Waals surface area contributed by atoms with Gasteiger partial charge in [0.25, 0.3) is 5.92 Å². The highest BCUT2D eigenvalue weighted by molar-refractivity contribution is 4.87. The predicted molar refractivity (Wildman–Crippen MR) is 26.2 cm³/mol. The molecule has 1 aliphatic rings. The molecule has 0 saturated heterocycles. The monoisotopic (exact) mass is 138 g/mol. The minimum atomic E-state index is -2.86. The largest absolute Gasteiger partial charge is 0.390 e. The van der Waals surface area contributed by atoms with Crippen LogP contribution in [-0.4, -0.2) is 28.3 Å². The summed E-state index contributed by atoms with van der Waals surface area (Å²) in [5.41, 5.74) is 0. The van der Waals surface area contributed by atoms with Gasteiger partial charge in [-0.3, -0.25) is 0 Å². The van der Waals surface area contributed by atoms with Crippen molar-refractivity contribution in [2.45, 2.75) is 31.0 Å². The minimum Gasteiger partial charge on any atom is -0.390 e. The van der Waals surface area contributed by atoms with Gasteiger partial charge in [0.05, 0.1) is 12.2 Å². The normalized spacial score (nSPS) is 41.3. The second-order valence-electron chi connectivity index (χ2n) is 2.40. The molecule has 2 nitrogen and oxygen atoms in total. The van der Waals surface area contributed by atoms with E-state index in [4.69, 9.17) is 10.2 Å². The summed E-state index contributed by atoms with van der Waals surface area (Å²) in [5.74, 6) is -2.86. The first kappa shape index (κ1) is 6.89. The molecule has 0 aromatic rings. The van der Waals surface area contributed by atoms with Gasteiger partial charge in [-0.25, -0.2) is 8.78 Å². The van der Waals surface area contributed by atoms with Gasteiger partial charge in [-0.15, -0.1) is 0 Å². The maximum atomic E-state index is 12.1. The van der Waals surface area contributed by atoms with Crippen molar-refractivity contribution >= 4 is 0 Å². The van der Waals surface area contributed by atoms with Crippen LogP contribution in [0, 0.1) is 0 Å². The van der Waals surface area contributed by atoms with Crippen LogP contribution < -0.4 is 0 Å². The molecule has 4 heteroatoms. The summed E-state index contributed by atoms with van der Waals surface area (Å²) in [6.07, 6.45) is -3.68. The van der Waals surface area contributed by atoms with Crippen LogP contribution in [0.15, 0.2) is 0 Å². The number of hydrogen-bond donors (Lipinski definition) is 2. The average molecular weight is 138 g/mol. The molecule has 1 rings (SSSR count). The zero-order valence-corrected chi connectivity index (χ0v) is 4.72. The molecule has 2 N–H and O–H groups in total. The molecule has 1 fully saturated rings. The van der Waals surface area contributed by atoms with Crippen LogP contribution in [0.3, 0.4) is 0 Å². The summed E-state index contributed by atoms with van der Waals surface area (Å²) in [4.78, 5) is 0. The summed E-state index contributed by atoms with van der Waals surface area (Å²) in [7, 11) is 0. The third-order valence-electron chi connectivity index (χ3n) is 1.46. The van der Waals surface area contributed by atoms with E-state index in [1.165, 1.54) is 0 Å². The van der Waals surface area contributed by atoms with E-state index in [0.29, 0.717) is 0 Å². The Labute approximate surface area is 51.1 Å². The first-order valence-corrected chi connectivity index (χ1v) is 2.75. The van der Waals surface area contributed by atoms with Crippen molar-refractivity contribution in [1.82, 2.24) is 0 Å². The Kier molecular flexibility index (Phi) is 1.44. The van der Waals surface area contributed by atoms with E-state index in [-0.39, 0.29) is 0 Å². The molecule has 0 amide bonds. The molecule has 1 saturated carbocycles. The van der Waals surface area contributed by atoms with Crippen LogP contribution >= 0.6 is 0 Å². The summed E-state index contributed by atoms with van der Waals surface area (Å²) in [6.45, 7) is 0. The lowest BCUT2D eigenvalue weighted by atomic mass is 10.3. The fourth-order valence-corrected chi connectivity index (χ4v) is 0.967. The lowest BCUT2D eigenvalue weighted by molar-refractivity contribution is -0.00550. The van der Waals surface area contributed by atoms with Gasteiger partial charge < -0.3 is 10.2 Å². The number of alkyl halides is 2. The zero-order valence-electron chi connectivity index (χ0n) is 4.72. The number of hydrogen-bond acceptors (Lipinski definition) is 2. The third kappa shape index (κ3) is 1.37. The average Bonchev–Trinajstić information content (AvgIpc) is 1.79. The smallest absolute Gasteiger partial charge is 0.253 e. The van der Waals surface area contributed by atoms with Gasteiger partial charge in [-0.2, -0.15) is 0 Å². The summed E-state index contributed by atoms with van der Waals surface area (Å²) >= 11 is 0. The van der Waals surface area contributed by atoms with Gasteiger partial charge in [0.1, 0.15) is 0 Å². The molecule has 0 heterocycles. The molecule has 1 aliphatic carbocycles. The molecular weight excluding hydrogens is 130 g/mol. The Morgan fingerprint density at radius 1 is 1.11 bits per heavy atom. The number of halogens is 2. The van der Waals surface area contributed by atoms with Gasteiger partial charge in [-0.05, 0) is 0 Å². The SMILES string of the molecule is OC1CC(F)(F)C[C@@H]1O. The number of rotatable bonds is 0. The summed E-state index contributed by atoms with van der Waals surface area (Å²) in [6, 6.07) is 0. The molecule has 9 heavy (non-hydrogen) atoms. The van der Waals surface area contributed by atoms with E-state index in [1.807, 2.05) is 0 Å². The highest BCUT2D eigenvalue weighted by Gasteiger charge is 2.44. The van der Waals surface area contributed by atoms with Crippen molar-refractivity contribution < 1.29 is 19.0 Å². The van der Waals surface area contributed by atoms with E-state index in [2.05, 4.69) is 0 Å². The first-order chi connectivity index (χ1) is 4.01. The van der Waals surface area contributed by atoms with Crippen molar-refractivity contribution in [3.8, 4) is 0 Å². The van der Waals surface area contributed by atoms with E-state index >= 15 is 0 Å². The van der Waals surface area contributed by atoms with Crippen LogP contribution in [0.4, 0.5) is 8.78 Å². The molecule has 0 aromatic carbocycles. The minimum absolute atomic E-state index is 0.603. The highest BCUT2D eigenvalue weighted by atomic mass is 19.3. The molecule has 0 spiro atoms. The maximum Gasteiger partial charge on any atom is 0.253 e. The lowest BCUT2D eigenvalue weighted by Crippen LogP contribution is -2.17. The van der Waals surface area contributed by atoms with Gasteiger partial charge >= 0.3 is 0 Å². The lowest BCUT2D eigenvalue weighted by Gasteiger charge is -2.03. The molecule has 0 aromatic heterocycles. The van der Waals surface area contributed by atoms with Gasteiger partial charge in [0.2, 0.25) is 0 Å². The van der Waals surface area contributed by atoms with Crippen LogP contribution in [0.5, 0.6) is 0 Å². The van der Waals surface area contributed by atoms with Gasteiger partial charge in [-0.1, -0.05) is 0 Å². The Hall–Kier alpha value is -0.220. The fraction of sp³-hybridized carbons (Fsp3) is 1.00. The van der Waals surface area contributed by atoms with Gasteiger partial charge in [0, 0.05) is 12.8 Å². The number of aliphatic hydroxyl groups excluding tert-OH is 2. The molecule has 0 bridgehead atoms. The molecule has 0 aliphatic heterocycles. The maximum absolute atomic E-state index is 12.1.